The second-order valence-electron chi connectivity index (χ2n) is 3.48. The van der Waals surface area contributed by atoms with Gasteiger partial charge in [0.25, 0.3) is 5.91 Å². The standard InChI is InChI=1S/C10H10N2O4/c13-9-7(11-10(14)15)5-6-3-1-2-4-8(6)12(9)16/h1-4,7,11,16H,5H2,(H,14,15)/t7-/m0/s1. The first-order valence-corrected chi connectivity index (χ1v) is 4.70. The monoisotopic (exact) mass is 222 g/mol. The molecular weight excluding hydrogens is 212 g/mol. The largest absolute Gasteiger partial charge is 0.465 e. The maximum absolute atomic E-state index is 11.6. The topological polar surface area (TPSA) is 89.9 Å². The van der Waals surface area contributed by atoms with E-state index in [2.05, 4.69) is 5.32 Å². The molecule has 2 amide bonds. The lowest BCUT2D eigenvalue weighted by Crippen LogP contribution is -2.51. The minimum absolute atomic E-state index is 0.248. The van der Waals surface area contributed by atoms with Gasteiger partial charge >= 0.3 is 6.09 Å². The molecule has 6 nitrogen and oxygen atoms in total. The summed E-state index contributed by atoms with van der Waals surface area (Å²) in [5, 5.41) is 20.7. The maximum atomic E-state index is 11.6. The lowest BCUT2D eigenvalue weighted by molar-refractivity contribution is -0.126. The van der Waals surface area contributed by atoms with Crippen molar-refractivity contribution >= 4 is 17.7 Å². The van der Waals surface area contributed by atoms with Gasteiger partial charge in [-0.15, -0.1) is 0 Å². The van der Waals surface area contributed by atoms with Crippen LogP contribution in [0.5, 0.6) is 0 Å². The molecule has 1 aromatic carbocycles. The number of fused-ring (bicyclic) bond motifs is 1. The van der Waals surface area contributed by atoms with Crippen molar-refractivity contribution in [1.82, 2.24) is 5.32 Å². The van der Waals surface area contributed by atoms with Crippen molar-refractivity contribution in [2.45, 2.75) is 12.5 Å². The van der Waals surface area contributed by atoms with Crippen molar-refractivity contribution < 1.29 is 19.9 Å². The highest BCUT2D eigenvalue weighted by Gasteiger charge is 2.32. The lowest BCUT2D eigenvalue weighted by atomic mass is 9.99. The minimum atomic E-state index is -1.29. The SMILES string of the molecule is O=C(O)N[C@H]1Cc2ccccc2N(O)C1=O. The van der Waals surface area contributed by atoms with Crippen molar-refractivity contribution in [3.63, 3.8) is 0 Å². The number of rotatable bonds is 1. The predicted octanol–water partition coefficient (Wildman–Crippen LogP) is 0.601. The Morgan fingerprint density at radius 3 is 2.81 bits per heavy atom. The fourth-order valence-electron chi connectivity index (χ4n) is 1.73. The first-order chi connectivity index (χ1) is 7.59. The van der Waals surface area contributed by atoms with E-state index in [1.807, 2.05) is 0 Å². The molecule has 6 heteroatoms. The molecule has 1 aromatic rings. The van der Waals surface area contributed by atoms with Crippen LogP contribution in [0.4, 0.5) is 10.5 Å². The van der Waals surface area contributed by atoms with E-state index in [0.29, 0.717) is 10.8 Å². The number of hydrogen-bond acceptors (Lipinski definition) is 3. The first kappa shape index (κ1) is 10.4. The van der Waals surface area contributed by atoms with Gasteiger partial charge in [0, 0.05) is 6.42 Å². The third kappa shape index (κ3) is 1.70. The van der Waals surface area contributed by atoms with Crippen molar-refractivity contribution in [2.24, 2.45) is 0 Å². The Kier molecular flexibility index (Phi) is 2.49. The third-order valence-corrected chi connectivity index (χ3v) is 2.45. The molecule has 1 aliphatic heterocycles. The molecule has 0 unspecified atom stereocenters. The number of carboxylic acid groups (broad SMARTS) is 1. The van der Waals surface area contributed by atoms with Crippen molar-refractivity contribution in [1.29, 1.82) is 0 Å². The van der Waals surface area contributed by atoms with Crippen LogP contribution < -0.4 is 10.4 Å². The molecule has 0 saturated carbocycles. The van der Waals surface area contributed by atoms with E-state index in [9.17, 15) is 14.8 Å². The van der Waals surface area contributed by atoms with Gasteiger partial charge in [-0.2, -0.15) is 5.06 Å². The van der Waals surface area contributed by atoms with E-state index in [-0.39, 0.29) is 6.42 Å². The fraction of sp³-hybridized carbons (Fsp3) is 0.200. The van der Waals surface area contributed by atoms with Gasteiger partial charge in [-0.25, -0.2) is 4.79 Å². The number of benzene rings is 1. The number of carbonyl (C=O) groups excluding carboxylic acids is 1. The number of hydrogen-bond donors (Lipinski definition) is 3. The van der Waals surface area contributed by atoms with E-state index in [1.165, 1.54) is 0 Å². The molecule has 1 aliphatic rings. The van der Waals surface area contributed by atoms with Gasteiger partial charge in [-0.1, -0.05) is 18.2 Å². The molecule has 16 heavy (non-hydrogen) atoms. The minimum Gasteiger partial charge on any atom is -0.465 e. The van der Waals surface area contributed by atoms with Crippen LogP contribution in [0.2, 0.25) is 0 Å². The Bertz CT molecular complexity index is 446. The average molecular weight is 222 g/mol. The Morgan fingerprint density at radius 2 is 2.12 bits per heavy atom. The summed E-state index contributed by atoms with van der Waals surface area (Å²) >= 11 is 0. The number of anilines is 1. The van der Waals surface area contributed by atoms with Crippen LogP contribution in [-0.4, -0.2) is 28.4 Å². The quantitative estimate of drug-likeness (QED) is 0.607. The molecule has 84 valence electrons. The van der Waals surface area contributed by atoms with Crippen LogP contribution in [0, 0.1) is 0 Å². The van der Waals surface area contributed by atoms with Crippen molar-refractivity contribution in [3.05, 3.63) is 29.8 Å². The Morgan fingerprint density at radius 1 is 1.44 bits per heavy atom. The van der Waals surface area contributed by atoms with Gasteiger partial charge in [0.2, 0.25) is 0 Å². The Labute approximate surface area is 91.1 Å². The lowest BCUT2D eigenvalue weighted by Gasteiger charge is -2.29. The van der Waals surface area contributed by atoms with Gasteiger partial charge in [-0.05, 0) is 11.6 Å². The number of amides is 2. The number of nitrogens with zero attached hydrogens (tertiary/aromatic N) is 1. The molecule has 0 saturated heterocycles. The zero-order valence-corrected chi connectivity index (χ0v) is 8.25. The molecule has 3 N–H and O–H groups in total. The summed E-state index contributed by atoms with van der Waals surface area (Å²) in [5.41, 5.74) is 1.12. The summed E-state index contributed by atoms with van der Waals surface area (Å²) in [7, 11) is 0. The summed E-state index contributed by atoms with van der Waals surface area (Å²) < 4.78 is 0. The summed E-state index contributed by atoms with van der Waals surface area (Å²) in [6.45, 7) is 0. The number of hydroxylamine groups is 1. The molecule has 0 fully saturated rings. The Hall–Kier alpha value is -2.08. The molecular formula is C10H10N2O4. The normalized spacial score (nSPS) is 19.2. The first-order valence-electron chi connectivity index (χ1n) is 4.70. The van der Waals surface area contributed by atoms with Crippen LogP contribution in [0.15, 0.2) is 24.3 Å². The highest BCUT2D eigenvalue weighted by atomic mass is 16.5. The maximum Gasteiger partial charge on any atom is 0.405 e. The fourth-order valence-corrected chi connectivity index (χ4v) is 1.73. The summed E-state index contributed by atoms with van der Waals surface area (Å²) in [5.74, 6) is -0.666. The number of nitrogens with one attached hydrogen (secondary N) is 1. The summed E-state index contributed by atoms with van der Waals surface area (Å²) in [6, 6.07) is 5.86. The van der Waals surface area contributed by atoms with E-state index in [4.69, 9.17) is 5.11 Å². The van der Waals surface area contributed by atoms with Crippen LogP contribution in [0.3, 0.4) is 0 Å². The number of para-hydroxylation sites is 1. The van der Waals surface area contributed by atoms with Crippen molar-refractivity contribution in [3.8, 4) is 0 Å². The highest BCUT2D eigenvalue weighted by molar-refractivity contribution is 5.99. The smallest absolute Gasteiger partial charge is 0.405 e. The predicted molar refractivity (Wildman–Crippen MR) is 54.4 cm³/mol. The van der Waals surface area contributed by atoms with E-state index < -0.39 is 18.0 Å². The van der Waals surface area contributed by atoms with E-state index in [1.54, 1.807) is 24.3 Å². The number of carbonyl (C=O) groups is 2. The molecule has 0 bridgehead atoms. The molecule has 0 spiro atoms. The molecule has 0 aliphatic carbocycles. The Balaban J connectivity index is 2.32. The average Bonchev–Trinajstić information content (AvgIpc) is 2.25. The van der Waals surface area contributed by atoms with Crippen LogP contribution in [0.1, 0.15) is 5.56 Å². The van der Waals surface area contributed by atoms with Crippen LogP contribution in [0.25, 0.3) is 0 Å². The van der Waals surface area contributed by atoms with E-state index >= 15 is 0 Å². The molecule has 1 heterocycles. The third-order valence-electron chi connectivity index (χ3n) is 2.45. The molecule has 0 radical (unpaired) electrons. The summed E-state index contributed by atoms with van der Waals surface area (Å²) in [4.78, 5) is 22.0. The zero-order chi connectivity index (χ0) is 11.7. The van der Waals surface area contributed by atoms with Gasteiger partial charge in [-0.3, -0.25) is 10.0 Å². The summed E-state index contributed by atoms with van der Waals surface area (Å²) in [6.07, 6.45) is -1.04. The van der Waals surface area contributed by atoms with Gasteiger partial charge in [0.15, 0.2) is 0 Å². The van der Waals surface area contributed by atoms with Gasteiger partial charge < -0.3 is 10.4 Å². The second kappa shape index (κ2) is 3.82. The zero-order valence-electron chi connectivity index (χ0n) is 8.25. The second-order valence-corrected chi connectivity index (χ2v) is 3.48. The van der Waals surface area contributed by atoms with Gasteiger partial charge in [0.05, 0.1) is 5.69 Å². The van der Waals surface area contributed by atoms with Crippen LogP contribution >= 0.6 is 0 Å². The van der Waals surface area contributed by atoms with Crippen molar-refractivity contribution in [2.75, 3.05) is 5.06 Å². The molecule has 1 atom stereocenters. The van der Waals surface area contributed by atoms with E-state index in [0.717, 1.165) is 5.56 Å². The highest BCUT2D eigenvalue weighted by Crippen LogP contribution is 2.25. The molecule has 0 aromatic heterocycles. The molecule has 2 rings (SSSR count). The van der Waals surface area contributed by atoms with Gasteiger partial charge in [0.1, 0.15) is 6.04 Å². The van der Waals surface area contributed by atoms with Crippen LogP contribution in [-0.2, 0) is 11.2 Å².